The van der Waals surface area contributed by atoms with E-state index in [0.29, 0.717) is 0 Å². The summed E-state index contributed by atoms with van der Waals surface area (Å²) < 4.78 is 0. The minimum Gasteiger partial charge on any atom is -0.253 e. The van der Waals surface area contributed by atoms with Gasteiger partial charge in [0.25, 0.3) is 0 Å². The molecule has 0 rings (SSSR count). The van der Waals surface area contributed by atoms with Crippen LogP contribution in [0, 0.1) is 0 Å². The van der Waals surface area contributed by atoms with E-state index in [1.807, 2.05) is 0 Å². The second-order valence-electron chi connectivity index (χ2n) is 29.2. The fourth-order valence-electron chi connectivity index (χ4n) is 18.1. The molecule has 317 valence electrons. The lowest BCUT2D eigenvalue weighted by Gasteiger charge is -2.65. The molecule has 0 spiro atoms. The molecule has 0 N–H and O–H groups in total. The van der Waals surface area contributed by atoms with Gasteiger partial charge in [-0.1, -0.05) is 0 Å². The Balaban J connectivity index is 15.1. The molecule has 0 fully saturated rings. The van der Waals surface area contributed by atoms with Crippen molar-refractivity contribution in [3.63, 3.8) is 0 Å². The topological polar surface area (TPSA) is 0 Å². The first-order valence-electron chi connectivity index (χ1n) is 34.4. The molecule has 105 heteroatoms. The predicted octanol–water partition coefficient (Wildman–Crippen LogP) is -38.7. The molecule has 0 aromatic heterocycles. The van der Waals surface area contributed by atoms with Crippen molar-refractivity contribution in [3.05, 3.63) is 0 Å². The molecule has 0 aliphatic carbocycles. The summed E-state index contributed by atoms with van der Waals surface area (Å²) in [6.07, 6.45) is -95.7. The number of rotatable bonds is 51. The summed E-state index contributed by atoms with van der Waals surface area (Å²) in [4.78, 5) is 0. The Bertz CT molecular complexity index is 1800. The molecule has 0 atom stereocenters. The fourth-order valence-corrected chi connectivity index (χ4v) is 24.1. The van der Waals surface area contributed by atoms with Gasteiger partial charge < -0.3 is 0 Å². The third-order valence-corrected chi connectivity index (χ3v) is 26.0. The lowest BCUT2D eigenvalue weighted by Crippen LogP contribution is -2.94. The van der Waals surface area contributed by atoms with Crippen LogP contribution in [0.2, 0.25) is 0 Å². The van der Waals surface area contributed by atoms with Crippen molar-refractivity contribution in [2.45, 2.75) is 0 Å². The summed E-state index contributed by atoms with van der Waals surface area (Å²) in [5.41, 5.74) is 0. The molecule has 0 aliphatic heterocycles. The Morgan fingerprint density at radius 1 is 0.114 bits per heavy atom. The molecule has 0 aromatic carbocycles. The maximum atomic E-state index is 7.46. The third-order valence-electron chi connectivity index (χ3n) is 21.8. The van der Waals surface area contributed by atoms with E-state index in [4.69, 9.17) is 410 Å². The highest BCUT2D eigenvalue weighted by Gasteiger charge is 2.68. The van der Waals surface area contributed by atoms with Crippen molar-refractivity contribution in [2.24, 2.45) is 0 Å². The summed E-state index contributed by atoms with van der Waals surface area (Å²) >= 11 is 0. The van der Waals surface area contributed by atoms with Gasteiger partial charge in [-0.2, -0.15) is 0 Å². The lowest BCUT2D eigenvalue weighted by molar-refractivity contribution is 3.19. The minimum absolute atomic E-state index is 1.01. The first kappa shape index (κ1) is 112. The van der Waals surface area contributed by atoms with E-state index in [1.165, 1.54) is 0 Å². The summed E-state index contributed by atoms with van der Waals surface area (Å²) in [6, 6.07) is 0. The van der Waals surface area contributed by atoms with E-state index in [1.54, 1.807) is 0 Å². The van der Waals surface area contributed by atoms with Gasteiger partial charge in [-0.15, -0.1) is 0 Å². The third kappa shape index (κ3) is 30.3. The van der Waals surface area contributed by atoms with Gasteiger partial charge in [-0.05, 0) is 0 Å². The molecule has 105 heavy (non-hydrogen) atoms. The van der Waals surface area contributed by atoms with Crippen LogP contribution in [0.1, 0.15) is 0 Å². The fraction of sp³-hybridized carbons (Fsp3) is 0. The Morgan fingerprint density at radius 2 is 0.210 bits per heavy atom. The van der Waals surface area contributed by atoms with Crippen molar-refractivity contribution >= 4 is 743 Å². The zero-order valence-electron chi connectivity index (χ0n) is 60.5. The molecule has 107 radical (unpaired) electrons. The normalized spacial score (nSPS) is 9.91. The van der Waals surface area contributed by atoms with E-state index in [0.717, 1.165) is 7.06 Å². The Kier molecular flexibility index (Phi) is 55.5. The summed E-state index contributed by atoms with van der Waals surface area (Å²) in [6.45, 7) is 0. The highest BCUT2D eigenvalue weighted by atomic mass is 31.1. The standard InChI is InChI=1S/B104P/c1-54-81(55(2)3)94(80(52)53)101(95(82(56(4)5)57(6)7)83(58(8)9)59(10)11)104(100(92(76(44)45)77(46)47)93(78(48)49)79(50)51)105(102(96(84(60(12)13)61(14)15)85(62(16)17)63(18)19)97(86(64(20)21)65(22)23)87(66(24)25)67(26)27)103(98(88(68(28)29)69(30)31)89(70(32)33)71(34)35)99(90(72(36)37)73(38)39)91(74(40)41)75(42)43. The van der Waals surface area contributed by atoms with Crippen LogP contribution in [-0.4, -0.2) is 736 Å². The van der Waals surface area contributed by atoms with Gasteiger partial charge in [0.1, 0.15) is 0 Å². The number of hydrogen-bond donors (Lipinski definition) is 0. The molecule has 0 heterocycles. The molecule has 0 aliphatic rings. The quantitative estimate of drug-likeness (QED) is 0.0421. The minimum atomic E-state index is -3.87. The smallest absolute Gasteiger partial charge is 0.0527 e. The van der Waals surface area contributed by atoms with Gasteiger partial charge in [0.2, 0.25) is 0 Å². The highest BCUT2D eigenvalue weighted by molar-refractivity contribution is 8.65. The van der Waals surface area contributed by atoms with E-state index in [2.05, 4.69) is 0 Å². The average molecular weight is 1160 g/mol. The molecule has 0 saturated heterocycles. The maximum absolute atomic E-state index is 7.46. The molecule has 0 nitrogen and oxygen atoms in total. The molecular formula is B104P. The van der Waals surface area contributed by atoms with Crippen molar-refractivity contribution in [1.82, 2.24) is 0 Å². The van der Waals surface area contributed by atoms with Gasteiger partial charge in [0.15, 0.2) is 0 Å². The van der Waals surface area contributed by atoms with Crippen LogP contribution in [0.15, 0.2) is 0 Å². The molecular weight excluding hydrogens is 1160 g/mol. The number of hydrogen-bond acceptors (Lipinski definition) is 0. The van der Waals surface area contributed by atoms with E-state index in [9.17, 15) is 0 Å². The van der Waals surface area contributed by atoms with E-state index in [-0.39, 0.29) is 0 Å². The second-order valence-corrected chi connectivity index (χ2v) is 31.9. The van der Waals surface area contributed by atoms with Crippen LogP contribution in [-0.2, 0) is 0 Å². The van der Waals surface area contributed by atoms with Crippen molar-refractivity contribution in [1.29, 1.82) is 0 Å². The van der Waals surface area contributed by atoms with Gasteiger partial charge in [-0.3, -0.25) is 7.56 Å². The van der Waals surface area contributed by atoms with Crippen LogP contribution in [0.5, 0.6) is 0 Å². The highest BCUT2D eigenvalue weighted by Crippen LogP contribution is 2.54. The Hall–Kier alpha value is 7.18. The van der Waals surface area contributed by atoms with E-state index >= 15 is 0 Å². The monoisotopic (exact) mass is 1180 g/mol. The largest absolute Gasteiger partial charge is 0.253 e. The molecule has 0 bridgehead atoms. The van der Waals surface area contributed by atoms with Crippen molar-refractivity contribution in [3.8, 4) is 0 Å². The SMILES string of the molecule is [B][B]B(B([B])[B])B(B([B])[B])B(B(B(B([B])[B])B([B])[B])B(B([B])[B])B([B])[B])B(B(B(B([B])[B])B([B])[B])B(B([B])[B])B([B])[B])P(B(B(B(B([B])[B])B([B])[B])B(B([B])[B])B([B])[B])B(B(B([B])[B])B([B])[B])B(B([B])[B])B([B])[B])B(B(B(B([B])[B])B([B])[B])B(B([B])[B])B([B])[B])B(B(B([B])[B])B([B])[B])B(B([B])[B])B([B])[B]. The molecule has 0 saturated carbocycles. The predicted molar refractivity (Wildman–Crippen MR) is 605 cm³/mol. The Labute approximate surface area is 735 Å². The van der Waals surface area contributed by atoms with Crippen LogP contribution in [0.3, 0.4) is 0 Å². The zero-order valence-corrected chi connectivity index (χ0v) is 61.4. The summed E-state index contributed by atoms with van der Waals surface area (Å²) in [5, 5.41) is 0. The van der Waals surface area contributed by atoms with Gasteiger partial charge in [-0.25, -0.2) is 0 Å². The van der Waals surface area contributed by atoms with Gasteiger partial charge in [0.05, 0.1) is 18.6 Å². The first-order chi connectivity index (χ1) is 47.8. The molecule has 0 amide bonds. The van der Waals surface area contributed by atoms with Crippen molar-refractivity contribution < 1.29 is 0 Å². The van der Waals surface area contributed by atoms with Crippen molar-refractivity contribution in [2.75, 3.05) is 0 Å². The average Bonchev–Trinajstić information content (AvgIpc) is 3.42. The summed E-state index contributed by atoms with van der Waals surface area (Å²) in [5.74, 6) is 0. The van der Waals surface area contributed by atoms with Crippen LogP contribution in [0.25, 0.3) is 0 Å². The van der Waals surface area contributed by atoms with Gasteiger partial charge in [0, 0.05) is 717 Å². The van der Waals surface area contributed by atoms with E-state index < -0.39 is 326 Å². The lowest BCUT2D eigenvalue weighted by atomic mass is 8.31. The molecule has 0 unspecified atom stereocenters. The van der Waals surface area contributed by atoms with Crippen LogP contribution >= 0.6 is 7.56 Å². The first-order valence-corrected chi connectivity index (χ1v) is 36.0. The Morgan fingerprint density at radius 3 is 0.295 bits per heavy atom. The van der Waals surface area contributed by atoms with Crippen LogP contribution < -0.4 is 0 Å². The zero-order chi connectivity index (χ0) is 83.2. The van der Waals surface area contributed by atoms with Gasteiger partial charge >= 0.3 is 0 Å². The molecule has 0 aromatic rings. The maximum Gasteiger partial charge on any atom is 0.0527 e. The second kappa shape index (κ2) is 52.0. The van der Waals surface area contributed by atoms with Crippen LogP contribution in [0.4, 0.5) is 0 Å². The summed E-state index contributed by atoms with van der Waals surface area (Å²) in [7, 11) is 377.